The fraction of sp³-hybridized carbons (Fsp3) is 0.333. The molecule has 0 saturated carbocycles. The number of aliphatic hydroxyl groups excluding tert-OH is 1. The van der Waals surface area contributed by atoms with E-state index in [9.17, 15) is 8.78 Å². The van der Waals surface area contributed by atoms with Gasteiger partial charge in [-0.15, -0.1) is 11.3 Å². The number of rotatable bonds is 2. The summed E-state index contributed by atoms with van der Waals surface area (Å²) in [6, 6.07) is 2.83. The molecule has 0 saturated heterocycles. The van der Waals surface area contributed by atoms with Gasteiger partial charge < -0.3 is 5.11 Å². The van der Waals surface area contributed by atoms with E-state index in [1.165, 1.54) is 12.1 Å². The van der Waals surface area contributed by atoms with E-state index in [1.54, 1.807) is 0 Å². The highest BCUT2D eigenvalue weighted by Gasteiger charge is 2.31. The number of thiophene rings is 1. The molecule has 0 fully saturated rings. The van der Waals surface area contributed by atoms with Gasteiger partial charge in [-0.05, 0) is 28.1 Å². The van der Waals surface area contributed by atoms with Gasteiger partial charge in [0.15, 0.2) is 0 Å². The van der Waals surface area contributed by atoms with Crippen molar-refractivity contribution in [2.75, 3.05) is 6.61 Å². The predicted molar refractivity (Wildman–Crippen MR) is 43.0 cm³/mol. The molecule has 1 N–H and O–H groups in total. The minimum Gasteiger partial charge on any atom is -0.390 e. The molecular formula is C6H5BrF2OS. The molecule has 11 heavy (non-hydrogen) atoms. The second kappa shape index (κ2) is 3.16. The lowest BCUT2D eigenvalue weighted by molar-refractivity contribution is -0.0524. The first-order valence-electron chi connectivity index (χ1n) is 2.81. The summed E-state index contributed by atoms with van der Waals surface area (Å²) in [4.78, 5) is -0.119. The molecule has 0 radical (unpaired) electrons. The quantitative estimate of drug-likeness (QED) is 0.846. The summed E-state index contributed by atoms with van der Waals surface area (Å²) in [6.45, 7) is -1.14. The van der Waals surface area contributed by atoms with Crippen molar-refractivity contribution in [3.05, 3.63) is 20.8 Å². The molecule has 1 nitrogen and oxygen atoms in total. The smallest absolute Gasteiger partial charge is 0.304 e. The van der Waals surface area contributed by atoms with Gasteiger partial charge in [-0.2, -0.15) is 8.78 Å². The summed E-state index contributed by atoms with van der Waals surface area (Å²) >= 11 is 3.98. The second-order valence-electron chi connectivity index (χ2n) is 1.97. The fourth-order valence-electron chi connectivity index (χ4n) is 0.589. The first-order valence-corrected chi connectivity index (χ1v) is 4.42. The molecule has 0 aliphatic heterocycles. The van der Waals surface area contributed by atoms with E-state index < -0.39 is 12.5 Å². The van der Waals surface area contributed by atoms with Crippen LogP contribution in [0.5, 0.6) is 0 Å². The van der Waals surface area contributed by atoms with Gasteiger partial charge in [0.25, 0.3) is 0 Å². The van der Waals surface area contributed by atoms with Crippen LogP contribution in [0, 0.1) is 0 Å². The Kier molecular flexibility index (Phi) is 2.61. The van der Waals surface area contributed by atoms with E-state index in [1.807, 2.05) is 0 Å². The van der Waals surface area contributed by atoms with E-state index >= 15 is 0 Å². The molecule has 62 valence electrons. The van der Waals surface area contributed by atoms with Gasteiger partial charge in [-0.25, -0.2) is 0 Å². The maximum atomic E-state index is 12.6. The summed E-state index contributed by atoms with van der Waals surface area (Å²) in [6.07, 6.45) is 0. The summed E-state index contributed by atoms with van der Waals surface area (Å²) in [5, 5.41) is 8.30. The van der Waals surface area contributed by atoms with Crippen LogP contribution >= 0.6 is 27.3 Å². The van der Waals surface area contributed by atoms with Crippen LogP contribution < -0.4 is 0 Å². The standard InChI is InChI=1S/C6H5BrF2OS/c7-5-2-1-4(11-5)6(8,9)3-10/h1-2,10H,3H2. The van der Waals surface area contributed by atoms with Crippen molar-refractivity contribution in [2.45, 2.75) is 5.92 Å². The lowest BCUT2D eigenvalue weighted by Crippen LogP contribution is -2.16. The molecule has 0 aromatic carbocycles. The van der Waals surface area contributed by atoms with Gasteiger partial charge in [0.2, 0.25) is 0 Å². The summed E-state index contributed by atoms with van der Waals surface area (Å²) in [5.74, 6) is -3.10. The average Bonchev–Trinajstić information content (AvgIpc) is 2.36. The van der Waals surface area contributed by atoms with Gasteiger partial charge in [-0.1, -0.05) is 0 Å². The normalized spacial score (nSPS) is 12.0. The first kappa shape index (κ1) is 9.09. The third-order valence-electron chi connectivity index (χ3n) is 1.13. The summed E-state index contributed by atoms with van der Waals surface area (Å²) < 4.78 is 25.9. The van der Waals surface area contributed by atoms with Crippen molar-refractivity contribution >= 4 is 27.3 Å². The predicted octanol–water partition coefficient (Wildman–Crippen LogP) is 2.59. The summed E-state index contributed by atoms with van der Waals surface area (Å²) in [5.41, 5.74) is 0. The second-order valence-corrected chi connectivity index (χ2v) is 4.43. The number of hydrogen-bond donors (Lipinski definition) is 1. The van der Waals surface area contributed by atoms with Crippen molar-refractivity contribution < 1.29 is 13.9 Å². The molecule has 0 unspecified atom stereocenters. The maximum Gasteiger partial charge on any atom is 0.304 e. The molecule has 1 aromatic heterocycles. The molecule has 1 aromatic rings. The Morgan fingerprint density at radius 1 is 1.55 bits per heavy atom. The summed E-state index contributed by atoms with van der Waals surface area (Å²) in [7, 11) is 0. The molecule has 0 atom stereocenters. The van der Waals surface area contributed by atoms with E-state index in [2.05, 4.69) is 15.9 Å². The van der Waals surface area contributed by atoms with Gasteiger partial charge in [0.05, 0.1) is 8.66 Å². The minimum atomic E-state index is -3.10. The van der Waals surface area contributed by atoms with Crippen LogP contribution in [0.4, 0.5) is 8.78 Å². The van der Waals surface area contributed by atoms with Gasteiger partial charge in [0.1, 0.15) is 6.61 Å². The molecular weight excluding hydrogens is 238 g/mol. The topological polar surface area (TPSA) is 20.2 Å². The van der Waals surface area contributed by atoms with Crippen LogP contribution in [0.15, 0.2) is 15.9 Å². The largest absolute Gasteiger partial charge is 0.390 e. The SMILES string of the molecule is OCC(F)(F)c1ccc(Br)s1. The monoisotopic (exact) mass is 242 g/mol. The van der Waals surface area contributed by atoms with E-state index in [-0.39, 0.29) is 4.88 Å². The van der Waals surface area contributed by atoms with Crippen LogP contribution in [-0.4, -0.2) is 11.7 Å². The zero-order valence-corrected chi connectivity index (χ0v) is 7.75. The Labute approximate surface area is 74.8 Å². The molecule has 0 bridgehead atoms. The molecule has 1 rings (SSSR count). The number of halogens is 3. The highest BCUT2D eigenvalue weighted by atomic mass is 79.9. The van der Waals surface area contributed by atoms with E-state index in [0.29, 0.717) is 3.79 Å². The van der Waals surface area contributed by atoms with Crippen molar-refractivity contribution in [1.82, 2.24) is 0 Å². The first-order chi connectivity index (χ1) is 5.06. The van der Waals surface area contributed by atoms with Crippen molar-refractivity contribution in [1.29, 1.82) is 0 Å². The van der Waals surface area contributed by atoms with Gasteiger partial charge >= 0.3 is 5.92 Å². The Balaban J connectivity index is 2.92. The van der Waals surface area contributed by atoms with Crippen LogP contribution in [0.1, 0.15) is 4.88 Å². The molecule has 0 aliphatic rings. The number of aliphatic hydroxyl groups is 1. The highest BCUT2D eigenvalue weighted by molar-refractivity contribution is 9.11. The van der Waals surface area contributed by atoms with Crippen LogP contribution in [0.3, 0.4) is 0 Å². The Morgan fingerprint density at radius 3 is 2.55 bits per heavy atom. The van der Waals surface area contributed by atoms with E-state index in [0.717, 1.165) is 11.3 Å². The number of alkyl halides is 2. The third-order valence-corrected chi connectivity index (χ3v) is 2.87. The van der Waals surface area contributed by atoms with E-state index in [4.69, 9.17) is 5.11 Å². The molecule has 0 aliphatic carbocycles. The van der Waals surface area contributed by atoms with Crippen molar-refractivity contribution in [2.24, 2.45) is 0 Å². The van der Waals surface area contributed by atoms with Crippen LogP contribution in [0.25, 0.3) is 0 Å². The minimum absolute atomic E-state index is 0.119. The Hall–Kier alpha value is -0.0000000000000000833. The van der Waals surface area contributed by atoms with Crippen LogP contribution in [-0.2, 0) is 5.92 Å². The van der Waals surface area contributed by atoms with Crippen LogP contribution in [0.2, 0.25) is 0 Å². The zero-order chi connectivity index (χ0) is 8.48. The molecule has 0 spiro atoms. The Bertz CT molecular complexity index is 248. The lowest BCUT2D eigenvalue weighted by atomic mass is 10.3. The average molecular weight is 243 g/mol. The highest BCUT2D eigenvalue weighted by Crippen LogP contribution is 2.34. The Morgan fingerprint density at radius 2 is 2.18 bits per heavy atom. The number of hydrogen-bond acceptors (Lipinski definition) is 2. The molecule has 1 heterocycles. The third kappa shape index (κ3) is 1.98. The van der Waals surface area contributed by atoms with Gasteiger partial charge in [0, 0.05) is 0 Å². The van der Waals surface area contributed by atoms with Gasteiger partial charge in [-0.3, -0.25) is 0 Å². The lowest BCUT2D eigenvalue weighted by Gasteiger charge is -2.09. The van der Waals surface area contributed by atoms with Crippen molar-refractivity contribution in [3.63, 3.8) is 0 Å². The maximum absolute atomic E-state index is 12.6. The zero-order valence-electron chi connectivity index (χ0n) is 5.35. The molecule has 5 heteroatoms. The van der Waals surface area contributed by atoms with Crippen molar-refractivity contribution in [3.8, 4) is 0 Å². The molecule has 0 amide bonds. The fourth-order valence-corrected chi connectivity index (χ4v) is 1.94.